The zero-order chi connectivity index (χ0) is 13.5. The molecule has 0 aromatic carbocycles. The number of aromatic nitrogens is 2. The summed E-state index contributed by atoms with van der Waals surface area (Å²) in [5, 5.41) is 0. The van der Waals surface area contributed by atoms with Gasteiger partial charge >= 0.3 is 0 Å². The third kappa shape index (κ3) is 4.14. The van der Waals surface area contributed by atoms with Gasteiger partial charge in [0.1, 0.15) is 11.6 Å². The molecule has 0 aliphatic carbocycles. The van der Waals surface area contributed by atoms with Gasteiger partial charge in [0.25, 0.3) is 0 Å². The largest absolute Gasteiger partial charge is 0.477 e. The number of anilines is 1. The third-order valence-electron chi connectivity index (χ3n) is 2.77. The van der Waals surface area contributed by atoms with Crippen LogP contribution < -0.4 is 16.0 Å². The number of nitrogens with zero attached hydrogens (tertiary/aromatic N) is 2. The lowest BCUT2D eigenvalue weighted by Crippen LogP contribution is -2.14. The summed E-state index contributed by atoms with van der Waals surface area (Å²) in [7, 11) is 0. The molecule has 0 unspecified atom stereocenters. The SMILES string of the molecule is CCc1nc(NN)c(C)c(OCCCC(C)C)n1. The van der Waals surface area contributed by atoms with Crippen molar-refractivity contribution in [1.82, 2.24) is 9.97 Å². The number of nitrogens with one attached hydrogen (secondary N) is 1. The predicted molar refractivity (Wildman–Crippen MR) is 73.5 cm³/mol. The average molecular weight is 252 g/mol. The van der Waals surface area contributed by atoms with Crippen LogP contribution in [-0.4, -0.2) is 16.6 Å². The number of rotatable bonds is 7. The molecule has 0 bridgehead atoms. The summed E-state index contributed by atoms with van der Waals surface area (Å²) < 4.78 is 5.73. The Hall–Kier alpha value is -1.36. The van der Waals surface area contributed by atoms with E-state index in [0.717, 1.165) is 30.7 Å². The first-order valence-corrected chi connectivity index (χ1v) is 6.55. The Balaban J connectivity index is 2.68. The highest BCUT2D eigenvalue weighted by Crippen LogP contribution is 2.21. The van der Waals surface area contributed by atoms with Gasteiger partial charge in [-0.2, -0.15) is 4.98 Å². The van der Waals surface area contributed by atoms with E-state index in [0.29, 0.717) is 24.2 Å². The van der Waals surface area contributed by atoms with E-state index in [2.05, 4.69) is 29.2 Å². The molecule has 0 atom stereocenters. The molecule has 102 valence electrons. The Bertz CT molecular complexity index is 379. The van der Waals surface area contributed by atoms with Gasteiger partial charge < -0.3 is 10.2 Å². The molecular formula is C13H24N4O. The van der Waals surface area contributed by atoms with Crippen molar-refractivity contribution in [3.05, 3.63) is 11.4 Å². The highest BCUT2D eigenvalue weighted by atomic mass is 16.5. The van der Waals surface area contributed by atoms with Crippen LogP contribution in [0.2, 0.25) is 0 Å². The molecule has 5 heteroatoms. The van der Waals surface area contributed by atoms with Crippen molar-refractivity contribution in [2.24, 2.45) is 11.8 Å². The van der Waals surface area contributed by atoms with Gasteiger partial charge in [0.15, 0.2) is 0 Å². The lowest BCUT2D eigenvalue weighted by Gasteiger charge is -2.12. The maximum Gasteiger partial charge on any atom is 0.221 e. The molecule has 5 nitrogen and oxygen atoms in total. The highest BCUT2D eigenvalue weighted by molar-refractivity contribution is 5.47. The fraction of sp³-hybridized carbons (Fsp3) is 0.692. The van der Waals surface area contributed by atoms with E-state index in [1.54, 1.807) is 0 Å². The van der Waals surface area contributed by atoms with Gasteiger partial charge in [-0.3, -0.25) is 0 Å². The minimum absolute atomic E-state index is 0.638. The van der Waals surface area contributed by atoms with Crippen molar-refractivity contribution in [1.29, 1.82) is 0 Å². The normalized spacial score (nSPS) is 10.8. The topological polar surface area (TPSA) is 73.1 Å². The van der Waals surface area contributed by atoms with Crippen molar-refractivity contribution in [2.75, 3.05) is 12.0 Å². The maximum atomic E-state index is 5.73. The average Bonchev–Trinajstić information content (AvgIpc) is 2.36. The molecule has 0 fully saturated rings. The van der Waals surface area contributed by atoms with E-state index in [4.69, 9.17) is 10.6 Å². The Morgan fingerprint density at radius 3 is 2.61 bits per heavy atom. The van der Waals surface area contributed by atoms with Gasteiger partial charge in [-0.15, -0.1) is 0 Å². The zero-order valence-corrected chi connectivity index (χ0v) is 11.8. The number of hydrogen-bond donors (Lipinski definition) is 2. The lowest BCUT2D eigenvalue weighted by atomic mass is 10.1. The first-order valence-electron chi connectivity index (χ1n) is 6.55. The second kappa shape index (κ2) is 7.16. The molecule has 1 heterocycles. The first-order chi connectivity index (χ1) is 8.58. The summed E-state index contributed by atoms with van der Waals surface area (Å²) in [6.07, 6.45) is 2.96. The van der Waals surface area contributed by atoms with Crippen LogP contribution >= 0.6 is 0 Å². The van der Waals surface area contributed by atoms with Gasteiger partial charge in [0.05, 0.1) is 12.2 Å². The summed E-state index contributed by atoms with van der Waals surface area (Å²) in [6, 6.07) is 0. The van der Waals surface area contributed by atoms with Crippen molar-refractivity contribution < 1.29 is 4.74 Å². The van der Waals surface area contributed by atoms with E-state index in [-0.39, 0.29) is 0 Å². The van der Waals surface area contributed by atoms with E-state index in [9.17, 15) is 0 Å². The van der Waals surface area contributed by atoms with Gasteiger partial charge in [0, 0.05) is 6.42 Å². The molecule has 1 rings (SSSR count). The maximum absolute atomic E-state index is 5.73. The number of ether oxygens (including phenoxy) is 1. The summed E-state index contributed by atoms with van der Waals surface area (Å²) in [5.74, 6) is 8.16. The van der Waals surface area contributed by atoms with E-state index in [1.807, 2.05) is 13.8 Å². The van der Waals surface area contributed by atoms with Crippen LogP contribution in [0.4, 0.5) is 5.82 Å². The molecule has 1 aromatic rings. The fourth-order valence-electron chi connectivity index (χ4n) is 1.64. The molecular weight excluding hydrogens is 228 g/mol. The van der Waals surface area contributed by atoms with Crippen LogP contribution in [0, 0.1) is 12.8 Å². The van der Waals surface area contributed by atoms with E-state index < -0.39 is 0 Å². The molecule has 0 radical (unpaired) electrons. The molecule has 0 spiro atoms. The number of nitrogen functional groups attached to an aromatic ring is 1. The number of hydrazine groups is 1. The van der Waals surface area contributed by atoms with E-state index in [1.165, 1.54) is 0 Å². The third-order valence-corrected chi connectivity index (χ3v) is 2.77. The predicted octanol–water partition coefficient (Wildman–Crippen LogP) is 2.45. The van der Waals surface area contributed by atoms with Crippen LogP contribution in [0.3, 0.4) is 0 Å². The van der Waals surface area contributed by atoms with Gasteiger partial charge in [-0.25, -0.2) is 10.8 Å². The standard InChI is InChI=1S/C13H24N4O/c1-5-11-15-12(17-14)10(4)13(16-11)18-8-6-7-9(2)3/h9H,5-8,14H2,1-4H3,(H,15,16,17). The Morgan fingerprint density at radius 1 is 1.33 bits per heavy atom. The summed E-state index contributed by atoms with van der Waals surface area (Å²) in [4.78, 5) is 8.69. The molecule has 1 aromatic heterocycles. The Labute approximate surface area is 109 Å². The van der Waals surface area contributed by atoms with Crippen LogP contribution in [0.5, 0.6) is 5.88 Å². The van der Waals surface area contributed by atoms with Gasteiger partial charge in [-0.1, -0.05) is 20.8 Å². The molecule has 0 aliphatic rings. The summed E-state index contributed by atoms with van der Waals surface area (Å²) in [6.45, 7) is 9.02. The number of aryl methyl sites for hydroxylation is 1. The van der Waals surface area contributed by atoms with Crippen LogP contribution in [0.25, 0.3) is 0 Å². The summed E-state index contributed by atoms with van der Waals surface area (Å²) >= 11 is 0. The van der Waals surface area contributed by atoms with Gasteiger partial charge in [-0.05, 0) is 25.7 Å². The van der Waals surface area contributed by atoms with E-state index >= 15 is 0 Å². The zero-order valence-electron chi connectivity index (χ0n) is 11.8. The minimum Gasteiger partial charge on any atom is -0.477 e. The molecule has 0 saturated heterocycles. The molecule has 0 aliphatic heterocycles. The van der Waals surface area contributed by atoms with Crippen LogP contribution in [0.15, 0.2) is 0 Å². The molecule has 0 amide bonds. The van der Waals surface area contributed by atoms with Crippen molar-refractivity contribution in [3.63, 3.8) is 0 Å². The van der Waals surface area contributed by atoms with Gasteiger partial charge in [0.2, 0.25) is 5.88 Å². The molecule has 0 saturated carbocycles. The number of nitrogens with two attached hydrogens (primary N) is 1. The number of hydrogen-bond acceptors (Lipinski definition) is 5. The summed E-state index contributed by atoms with van der Waals surface area (Å²) in [5.41, 5.74) is 3.45. The minimum atomic E-state index is 0.638. The molecule has 18 heavy (non-hydrogen) atoms. The second-order valence-corrected chi connectivity index (χ2v) is 4.80. The fourth-order valence-corrected chi connectivity index (χ4v) is 1.64. The Morgan fingerprint density at radius 2 is 2.06 bits per heavy atom. The first kappa shape index (κ1) is 14.7. The monoisotopic (exact) mass is 252 g/mol. The highest BCUT2D eigenvalue weighted by Gasteiger charge is 2.10. The van der Waals surface area contributed by atoms with Crippen molar-refractivity contribution >= 4 is 5.82 Å². The quantitative estimate of drug-likeness (QED) is 0.443. The van der Waals surface area contributed by atoms with Crippen LogP contribution in [-0.2, 0) is 6.42 Å². The smallest absolute Gasteiger partial charge is 0.221 e. The molecule has 3 N–H and O–H groups in total. The second-order valence-electron chi connectivity index (χ2n) is 4.80. The van der Waals surface area contributed by atoms with Crippen LogP contribution in [0.1, 0.15) is 45.0 Å². The lowest BCUT2D eigenvalue weighted by molar-refractivity contribution is 0.284. The van der Waals surface area contributed by atoms with Crippen molar-refractivity contribution in [3.8, 4) is 5.88 Å². The van der Waals surface area contributed by atoms with Crippen molar-refractivity contribution in [2.45, 2.75) is 47.0 Å². The Kier molecular flexibility index (Phi) is 5.85.